The maximum atomic E-state index is 13.7. The summed E-state index contributed by atoms with van der Waals surface area (Å²) in [6.07, 6.45) is 3.54. The molecule has 0 unspecified atom stereocenters. The zero-order chi connectivity index (χ0) is 34.1. The van der Waals surface area contributed by atoms with Gasteiger partial charge in [-0.05, 0) is 80.1 Å². The van der Waals surface area contributed by atoms with Crippen molar-refractivity contribution in [3.05, 3.63) is 65.3 Å². The van der Waals surface area contributed by atoms with Gasteiger partial charge >= 0.3 is 12.1 Å². The molecule has 0 saturated carbocycles. The maximum absolute atomic E-state index is 13.7. The number of aromatic nitrogens is 1. The van der Waals surface area contributed by atoms with Gasteiger partial charge < -0.3 is 35.8 Å². The van der Waals surface area contributed by atoms with Crippen molar-refractivity contribution in [2.75, 3.05) is 26.4 Å². The number of hydroxylamine groups is 1. The first kappa shape index (κ1) is 37.2. The average Bonchev–Trinajstić information content (AvgIpc) is 3.45. The molecular formula is C32H44N6O8S. The molecule has 0 spiro atoms. The monoisotopic (exact) mass is 672 g/mol. The number of rotatable bonds is 20. The van der Waals surface area contributed by atoms with Gasteiger partial charge in [0.15, 0.2) is 12.4 Å². The van der Waals surface area contributed by atoms with E-state index in [4.69, 9.17) is 19.4 Å². The normalized spacial score (nSPS) is 12.6. The first-order valence-corrected chi connectivity index (χ1v) is 16.4. The number of carboxylic acid groups (broad SMARTS) is 1. The number of pyridine rings is 1. The largest absolute Gasteiger partial charge is 0.465 e. The van der Waals surface area contributed by atoms with Crippen LogP contribution in [0.2, 0.25) is 0 Å². The zero-order valence-electron chi connectivity index (χ0n) is 26.9. The third-order valence-corrected chi connectivity index (χ3v) is 8.22. The Kier molecular flexibility index (Phi) is 15.3. The molecule has 3 aromatic rings. The number of unbranched alkanes of at least 4 members (excludes halogenated alkanes) is 1. The Morgan fingerprint density at radius 2 is 1.70 bits per heavy atom. The van der Waals surface area contributed by atoms with E-state index < -0.39 is 48.4 Å². The minimum absolute atomic E-state index is 0.196. The van der Waals surface area contributed by atoms with Crippen LogP contribution in [0, 0.1) is 0 Å². The van der Waals surface area contributed by atoms with E-state index in [0.29, 0.717) is 32.5 Å². The molecular weight excluding hydrogens is 628 g/mol. The van der Waals surface area contributed by atoms with E-state index in [1.807, 2.05) is 38.1 Å². The standard InChI is InChI=1S/C32H44N6O8S/c1-4-44-32(45-5-2,18-24-21-47-27-12-7-6-10-25(24)27)22(3)36-29(40)26(11-8-9-15-34-31(42)43)37-28(39)20-46-38-30(41)35-19-23-13-16-33-17-14-23/h6-7,10,12-14,16-17,21-22,26,34H,4-5,8-9,11,15,18-20H2,1-3H3,(H,36,40)(H,37,39)(H,42,43)(H2,35,38,41)/t22-,26-/m0/s1. The number of urea groups is 1. The molecule has 2 atom stereocenters. The van der Waals surface area contributed by atoms with Gasteiger partial charge in [0.2, 0.25) is 11.8 Å². The Balaban J connectivity index is 1.64. The lowest BCUT2D eigenvalue weighted by atomic mass is 9.97. The van der Waals surface area contributed by atoms with Crippen molar-refractivity contribution in [3.63, 3.8) is 0 Å². The van der Waals surface area contributed by atoms with Gasteiger partial charge in [-0.1, -0.05) is 18.2 Å². The molecule has 0 fully saturated rings. The Morgan fingerprint density at radius 1 is 0.979 bits per heavy atom. The number of carbonyl (C=O) groups excluding carboxylic acids is 3. The lowest BCUT2D eigenvalue weighted by molar-refractivity contribution is -0.246. The van der Waals surface area contributed by atoms with Gasteiger partial charge in [-0.3, -0.25) is 19.4 Å². The highest BCUT2D eigenvalue weighted by Crippen LogP contribution is 2.32. The van der Waals surface area contributed by atoms with Crippen molar-refractivity contribution >= 4 is 45.4 Å². The van der Waals surface area contributed by atoms with Crippen molar-refractivity contribution in [3.8, 4) is 0 Å². The molecule has 6 N–H and O–H groups in total. The average molecular weight is 673 g/mol. The lowest BCUT2D eigenvalue weighted by Gasteiger charge is -2.39. The van der Waals surface area contributed by atoms with Crippen LogP contribution in [0.4, 0.5) is 9.59 Å². The molecule has 0 radical (unpaired) electrons. The smallest absolute Gasteiger partial charge is 0.404 e. The van der Waals surface area contributed by atoms with Gasteiger partial charge in [0, 0.05) is 49.8 Å². The first-order chi connectivity index (χ1) is 22.7. The number of carbonyl (C=O) groups is 4. The maximum Gasteiger partial charge on any atom is 0.404 e. The van der Waals surface area contributed by atoms with Crippen molar-refractivity contribution in [2.24, 2.45) is 0 Å². The second-order valence-electron chi connectivity index (χ2n) is 10.6. The number of nitrogens with zero attached hydrogens (tertiary/aromatic N) is 1. The highest BCUT2D eigenvalue weighted by Gasteiger charge is 2.40. The summed E-state index contributed by atoms with van der Waals surface area (Å²) in [5, 5.41) is 22.5. The predicted molar refractivity (Wildman–Crippen MR) is 176 cm³/mol. The van der Waals surface area contributed by atoms with Gasteiger partial charge in [0.05, 0.1) is 6.04 Å². The van der Waals surface area contributed by atoms with E-state index in [-0.39, 0.29) is 19.5 Å². The van der Waals surface area contributed by atoms with Crippen LogP contribution in [0.3, 0.4) is 0 Å². The van der Waals surface area contributed by atoms with Crippen LogP contribution < -0.4 is 26.7 Å². The fourth-order valence-electron chi connectivity index (χ4n) is 4.95. The second kappa shape index (κ2) is 19.4. The molecule has 14 nitrogen and oxygen atoms in total. The fraction of sp³-hybridized carbons (Fsp3) is 0.469. The third-order valence-electron chi connectivity index (χ3n) is 7.21. The Hall–Kier alpha value is -4.31. The zero-order valence-corrected chi connectivity index (χ0v) is 27.7. The number of thiophene rings is 1. The molecule has 1 aromatic carbocycles. The molecule has 0 aliphatic carbocycles. The Bertz CT molecular complexity index is 1430. The van der Waals surface area contributed by atoms with Crippen molar-refractivity contribution in [2.45, 2.75) is 70.9 Å². The predicted octanol–water partition coefficient (Wildman–Crippen LogP) is 3.47. The van der Waals surface area contributed by atoms with Gasteiger partial charge in [-0.25, -0.2) is 15.1 Å². The van der Waals surface area contributed by atoms with E-state index in [0.717, 1.165) is 21.2 Å². The number of nitrogens with one attached hydrogen (secondary N) is 5. The van der Waals surface area contributed by atoms with Gasteiger partial charge in [-0.2, -0.15) is 0 Å². The SMILES string of the molecule is CCOC(Cc1csc2ccccc12)(OCC)[C@H](C)NC(=O)[C@H](CCCCNC(=O)O)NC(=O)CONC(=O)NCc1ccncc1. The molecule has 2 aromatic heterocycles. The summed E-state index contributed by atoms with van der Waals surface area (Å²) in [5.74, 6) is -2.31. The summed E-state index contributed by atoms with van der Waals surface area (Å²) >= 11 is 1.62. The van der Waals surface area contributed by atoms with E-state index in [1.165, 1.54) is 0 Å². The van der Waals surface area contributed by atoms with E-state index in [1.54, 1.807) is 42.8 Å². The van der Waals surface area contributed by atoms with Crippen molar-refractivity contribution in [1.82, 2.24) is 31.7 Å². The molecule has 0 aliphatic rings. The minimum Gasteiger partial charge on any atom is -0.465 e. The summed E-state index contributed by atoms with van der Waals surface area (Å²) in [4.78, 5) is 58.3. The molecule has 0 aliphatic heterocycles. The third kappa shape index (κ3) is 12.1. The summed E-state index contributed by atoms with van der Waals surface area (Å²) in [6, 6.07) is 9.27. The second-order valence-corrected chi connectivity index (χ2v) is 11.5. The van der Waals surface area contributed by atoms with Crippen LogP contribution in [0.5, 0.6) is 0 Å². The molecule has 0 bridgehead atoms. The summed E-state index contributed by atoms with van der Waals surface area (Å²) in [7, 11) is 0. The first-order valence-electron chi connectivity index (χ1n) is 15.5. The topological polar surface area (TPSA) is 189 Å². The van der Waals surface area contributed by atoms with Crippen LogP contribution >= 0.6 is 11.3 Å². The van der Waals surface area contributed by atoms with E-state index in [9.17, 15) is 19.2 Å². The molecule has 0 saturated heterocycles. The number of fused-ring (bicyclic) bond motifs is 1. The number of hydrogen-bond acceptors (Lipinski definition) is 9. The number of ether oxygens (including phenoxy) is 2. The highest BCUT2D eigenvalue weighted by molar-refractivity contribution is 7.17. The van der Waals surface area contributed by atoms with E-state index in [2.05, 4.69) is 37.1 Å². The summed E-state index contributed by atoms with van der Waals surface area (Å²) in [5.41, 5.74) is 4.00. The van der Waals surface area contributed by atoms with Gasteiger partial charge in [0.1, 0.15) is 6.04 Å². The molecule has 256 valence electrons. The van der Waals surface area contributed by atoms with Crippen LogP contribution in [0.1, 0.15) is 51.2 Å². The van der Waals surface area contributed by atoms with Crippen LogP contribution in [0.15, 0.2) is 54.2 Å². The van der Waals surface area contributed by atoms with Crippen molar-refractivity contribution in [1.29, 1.82) is 0 Å². The Morgan fingerprint density at radius 3 is 2.40 bits per heavy atom. The van der Waals surface area contributed by atoms with E-state index >= 15 is 0 Å². The number of benzene rings is 1. The molecule has 15 heteroatoms. The fourth-order valence-corrected chi connectivity index (χ4v) is 5.92. The molecule has 3 rings (SSSR count). The Labute approximate surface area is 277 Å². The summed E-state index contributed by atoms with van der Waals surface area (Å²) < 4.78 is 13.6. The molecule has 2 heterocycles. The van der Waals surface area contributed by atoms with Gasteiger partial charge in [-0.15, -0.1) is 11.3 Å². The quantitative estimate of drug-likeness (QED) is 0.0593. The van der Waals surface area contributed by atoms with Crippen LogP contribution in [0.25, 0.3) is 10.1 Å². The minimum atomic E-state index is -1.19. The van der Waals surface area contributed by atoms with Crippen LogP contribution in [-0.4, -0.2) is 78.3 Å². The van der Waals surface area contributed by atoms with Gasteiger partial charge in [0.25, 0.3) is 0 Å². The molecule has 5 amide bonds. The lowest BCUT2D eigenvalue weighted by Crippen LogP contribution is -2.59. The number of hydrogen-bond donors (Lipinski definition) is 6. The summed E-state index contributed by atoms with van der Waals surface area (Å²) in [6.45, 7) is 6.06. The van der Waals surface area contributed by atoms with Crippen LogP contribution in [-0.2, 0) is 36.9 Å². The van der Waals surface area contributed by atoms with Crippen molar-refractivity contribution < 1.29 is 38.6 Å². The molecule has 47 heavy (non-hydrogen) atoms. The highest BCUT2D eigenvalue weighted by atomic mass is 32.1. The number of amides is 5.